The van der Waals surface area contributed by atoms with Crippen molar-refractivity contribution in [1.82, 2.24) is 19.5 Å². The third kappa shape index (κ3) is 4.90. The highest BCUT2D eigenvalue weighted by atomic mass is 32.7. The Balaban J connectivity index is 1.60. The third-order valence-electron chi connectivity index (χ3n) is 4.40. The number of fused-ring (bicyclic) bond motifs is 1. The summed E-state index contributed by atoms with van der Waals surface area (Å²) in [6, 6.07) is -1.16. The SMILES string of the molecule is Nc1ncnc2c1ncn2[C@@H]1O[C@H](COP(=O)(O)SCC[C@H](N)C(=O)O)[C@@H](O)[C@H]1O. The van der Waals surface area contributed by atoms with Crippen LogP contribution in [0.2, 0.25) is 0 Å². The van der Waals surface area contributed by atoms with Gasteiger partial charge in [0.2, 0.25) is 0 Å². The number of rotatable bonds is 9. The Labute approximate surface area is 173 Å². The van der Waals surface area contributed by atoms with Crippen LogP contribution in [0, 0.1) is 0 Å². The van der Waals surface area contributed by atoms with Crippen LogP contribution in [-0.2, 0) is 18.6 Å². The molecular weight excluding hydrogens is 443 g/mol. The summed E-state index contributed by atoms with van der Waals surface area (Å²) in [6.07, 6.45) is -2.53. The van der Waals surface area contributed by atoms with E-state index in [1.54, 1.807) is 0 Å². The van der Waals surface area contributed by atoms with Crippen molar-refractivity contribution in [2.45, 2.75) is 37.0 Å². The van der Waals surface area contributed by atoms with E-state index in [4.69, 9.17) is 25.8 Å². The fourth-order valence-electron chi connectivity index (χ4n) is 2.78. The molecule has 0 aromatic carbocycles. The third-order valence-corrected chi connectivity index (χ3v) is 7.46. The number of aliphatic hydroxyl groups is 2. The fraction of sp³-hybridized carbons (Fsp3) is 0.571. The largest absolute Gasteiger partial charge is 0.480 e. The van der Waals surface area contributed by atoms with Crippen LogP contribution in [0.5, 0.6) is 0 Å². The molecule has 0 aliphatic carbocycles. The van der Waals surface area contributed by atoms with Crippen LogP contribution in [0.4, 0.5) is 5.82 Å². The maximum atomic E-state index is 12.1. The van der Waals surface area contributed by atoms with Crippen LogP contribution in [-0.4, -0.2) is 82.4 Å². The van der Waals surface area contributed by atoms with Gasteiger partial charge in [0, 0.05) is 5.75 Å². The lowest BCUT2D eigenvalue weighted by Crippen LogP contribution is -2.33. The predicted molar refractivity (Wildman–Crippen MR) is 104 cm³/mol. The van der Waals surface area contributed by atoms with Crippen LogP contribution < -0.4 is 11.5 Å². The number of imidazole rings is 1. The van der Waals surface area contributed by atoms with Gasteiger partial charge in [0.05, 0.1) is 12.9 Å². The molecule has 2 aromatic rings. The van der Waals surface area contributed by atoms with Gasteiger partial charge in [0.15, 0.2) is 17.7 Å². The Kier molecular flexibility index (Phi) is 6.94. The first-order valence-corrected chi connectivity index (χ1v) is 11.8. The van der Waals surface area contributed by atoms with Crippen molar-refractivity contribution in [1.29, 1.82) is 0 Å². The van der Waals surface area contributed by atoms with E-state index in [1.807, 2.05) is 0 Å². The minimum atomic E-state index is -4.16. The van der Waals surface area contributed by atoms with Gasteiger partial charge < -0.3 is 36.4 Å². The molecule has 1 aliphatic heterocycles. The summed E-state index contributed by atoms with van der Waals surface area (Å²) in [4.78, 5) is 32.4. The van der Waals surface area contributed by atoms with Crippen LogP contribution in [0.25, 0.3) is 11.2 Å². The topological polar surface area (TPSA) is 229 Å². The molecule has 1 unspecified atom stereocenters. The maximum Gasteiger partial charge on any atom is 0.386 e. The summed E-state index contributed by atoms with van der Waals surface area (Å²) in [5.41, 5.74) is 11.6. The quantitative estimate of drug-likeness (QED) is 0.236. The zero-order valence-corrected chi connectivity index (χ0v) is 17.1. The van der Waals surface area contributed by atoms with Gasteiger partial charge in [-0.1, -0.05) is 0 Å². The minimum Gasteiger partial charge on any atom is -0.480 e. The summed E-state index contributed by atoms with van der Waals surface area (Å²) in [5, 5.41) is 29.3. The summed E-state index contributed by atoms with van der Waals surface area (Å²) < 4.78 is 24.0. The number of hydrogen-bond acceptors (Lipinski definition) is 12. The van der Waals surface area contributed by atoms with Crippen LogP contribution in [0.1, 0.15) is 12.6 Å². The molecule has 0 amide bonds. The highest BCUT2D eigenvalue weighted by Crippen LogP contribution is 2.56. The Morgan fingerprint density at radius 2 is 2.10 bits per heavy atom. The Morgan fingerprint density at radius 1 is 1.37 bits per heavy atom. The lowest BCUT2D eigenvalue weighted by atomic mass is 10.1. The van der Waals surface area contributed by atoms with E-state index < -0.39 is 50.0 Å². The molecule has 1 saturated heterocycles. The molecule has 3 heterocycles. The number of ether oxygens (including phenoxy) is 1. The molecule has 16 heteroatoms. The first-order valence-electron chi connectivity index (χ1n) is 8.65. The van der Waals surface area contributed by atoms with Gasteiger partial charge in [-0.15, -0.1) is 0 Å². The van der Waals surface area contributed by atoms with Gasteiger partial charge in [0.1, 0.15) is 36.2 Å². The Hall–Kier alpha value is -1.84. The lowest BCUT2D eigenvalue weighted by Gasteiger charge is -2.17. The molecule has 30 heavy (non-hydrogen) atoms. The molecule has 0 spiro atoms. The number of aromatic nitrogens is 4. The van der Waals surface area contributed by atoms with Crippen molar-refractivity contribution < 1.29 is 38.8 Å². The van der Waals surface area contributed by atoms with E-state index in [1.165, 1.54) is 17.2 Å². The monoisotopic (exact) mass is 464 g/mol. The maximum absolute atomic E-state index is 12.1. The predicted octanol–water partition coefficient (Wildman–Crippen LogP) is -1.32. The average molecular weight is 464 g/mol. The second kappa shape index (κ2) is 9.11. The highest BCUT2D eigenvalue weighted by molar-refractivity contribution is 8.54. The van der Waals surface area contributed by atoms with Crippen LogP contribution in [0.3, 0.4) is 0 Å². The van der Waals surface area contributed by atoms with Crippen molar-refractivity contribution >= 4 is 41.1 Å². The molecule has 6 atom stereocenters. The number of nitrogen functional groups attached to an aromatic ring is 1. The standard InChI is InChI=1S/C14H21N6O8PS/c15-6(14(23)24)1-2-30-29(25,26)27-3-7-9(21)10(22)13(28-7)20-5-19-8-11(16)17-4-18-12(8)20/h4-7,9-10,13,21-22H,1-3,15H2,(H,23,24)(H,25,26)(H2,16,17,18)/t6-,7+,9+,10+,13+/m0/s1. The first kappa shape index (κ1) is 22.8. The van der Waals surface area contributed by atoms with Gasteiger partial charge in [-0.2, -0.15) is 0 Å². The molecule has 0 radical (unpaired) electrons. The van der Waals surface area contributed by atoms with E-state index in [0.29, 0.717) is 16.9 Å². The van der Waals surface area contributed by atoms with Crippen LogP contribution in [0.15, 0.2) is 12.7 Å². The summed E-state index contributed by atoms with van der Waals surface area (Å²) in [6.45, 7) is -4.66. The number of carboxylic acids is 1. The zero-order chi connectivity index (χ0) is 22.1. The first-order chi connectivity index (χ1) is 14.1. The smallest absolute Gasteiger partial charge is 0.386 e. The van der Waals surface area contributed by atoms with Gasteiger partial charge in [-0.3, -0.25) is 13.9 Å². The molecular formula is C14H21N6O8PS. The normalized spacial score (nSPS) is 27.2. The van der Waals surface area contributed by atoms with E-state index in [-0.39, 0.29) is 23.6 Å². The lowest BCUT2D eigenvalue weighted by molar-refractivity contribution is -0.138. The number of carboxylic acid groups (broad SMARTS) is 1. The minimum absolute atomic E-state index is 0.0251. The molecule has 166 valence electrons. The Morgan fingerprint density at radius 3 is 2.80 bits per heavy atom. The number of aliphatic carboxylic acids is 1. The number of aliphatic hydroxyl groups excluding tert-OH is 2. The number of carbonyl (C=O) groups is 1. The second-order valence-corrected chi connectivity index (χ2v) is 10.5. The molecule has 1 aliphatic rings. The van der Waals surface area contributed by atoms with E-state index in [2.05, 4.69) is 15.0 Å². The number of nitrogens with two attached hydrogens (primary N) is 2. The molecule has 2 aromatic heterocycles. The van der Waals surface area contributed by atoms with Gasteiger partial charge in [0.25, 0.3) is 0 Å². The van der Waals surface area contributed by atoms with Crippen molar-refractivity contribution in [3.05, 3.63) is 12.7 Å². The molecule has 14 nitrogen and oxygen atoms in total. The molecule has 8 N–H and O–H groups in total. The van der Waals surface area contributed by atoms with E-state index >= 15 is 0 Å². The van der Waals surface area contributed by atoms with E-state index in [0.717, 1.165) is 0 Å². The molecule has 0 bridgehead atoms. The van der Waals surface area contributed by atoms with Crippen LogP contribution >= 0.6 is 18.2 Å². The molecule has 3 rings (SSSR count). The van der Waals surface area contributed by atoms with Gasteiger partial charge in [-0.25, -0.2) is 19.5 Å². The molecule has 1 fully saturated rings. The van der Waals surface area contributed by atoms with Crippen molar-refractivity contribution in [3.8, 4) is 0 Å². The average Bonchev–Trinajstić information content (AvgIpc) is 3.23. The fourth-order valence-corrected chi connectivity index (χ4v) is 5.19. The van der Waals surface area contributed by atoms with Gasteiger partial charge >= 0.3 is 12.8 Å². The van der Waals surface area contributed by atoms with Crippen molar-refractivity contribution in [3.63, 3.8) is 0 Å². The highest BCUT2D eigenvalue weighted by Gasteiger charge is 2.45. The van der Waals surface area contributed by atoms with Crippen molar-refractivity contribution in [2.75, 3.05) is 18.1 Å². The number of hydrogen-bond donors (Lipinski definition) is 6. The number of anilines is 1. The summed E-state index contributed by atoms with van der Waals surface area (Å²) in [5.74, 6) is -1.11. The second-order valence-electron chi connectivity index (χ2n) is 6.46. The summed E-state index contributed by atoms with van der Waals surface area (Å²) >= 11 is 0.512. The van der Waals surface area contributed by atoms with Crippen molar-refractivity contribution in [2.24, 2.45) is 5.73 Å². The number of nitrogens with zero attached hydrogens (tertiary/aromatic N) is 4. The van der Waals surface area contributed by atoms with Gasteiger partial charge in [-0.05, 0) is 17.8 Å². The summed E-state index contributed by atoms with van der Waals surface area (Å²) in [7, 11) is 0. The zero-order valence-electron chi connectivity index (χ0n) is 15.4. The molecule has 0 saturated carbocycles. The van der Waals surface area contributed by atoms with E-state index in [9.17, 15) is 24.5 Å². The Bertz CT molecular complexity index is 962.